The molecule has 0 heterocycles. The summed E-state index contributed by atoms with van der Waals surface area (Å²) in [7, 11) is 0. The highest BCUT2D eigenvalue weighted by Crippen LogP contribution is 1.49. The lowest BCUT2D eigenvalue weighted by atomic mass is 10.5. The maximum Gasteiger partial charge on any atom is 0.0742 e. The fourth-order valence-electron chi connectivity index (χ4n) is 4.50. The second kappa shape index (κ2) is 88.3. The van der Waals surface area contributed by atoms with Gasteiger partial charge in [-0.2, -0.15) is 0 Å². The van der Waals surface area contributed by atoms with Crippen molar-refractivity contribution in [3.05, 3.63) is 0 Å². The molecular weight excluding hydrogens is 853 g/mol. The Morgan fingerprint density at radius 1 is 0.197 bits per heavy atom. The summed E-state index contributed by atoms with van der Waals surface area (Å²) in [4.78, 5) is 63.4. The van der Waals surface area contributed by atoms with Crippen molar-refractivity contribution in [1.29, 1.82) is 0 Å². The Hall–Kier alpha value is -3.42. The zero-order valence-corrected chi connectivity index (χ0v) is 47.6. The number of carbonyl (C=O) groups is 6. The van der Waals surface area contributed by atoms with Crippen molar-refractivity contribution in [2.24, 2.45) is 0 Å². The molecule has 408 valence electrons. The molecule has 18 heteroatoms. The Labute approximate surface area is 407 Å². The van der Waals surface area contributed by atoms with E-state index in [0.29, 0.717) is 0 Å². The predicted octanol–water partition coefficient (Wildman–Crippen LogP) is -7.88. The molecule has 0 saturated heterocycles. The van der Waals surface area contributed by atoms with E-state index in [1.807, 2.05) is 0 Å². The molecule has 0 amide bonds. The van der Waals surface area contributed by atoms with Crippen molar-refractivity contribution < 1.29 is 88.8 Å². The van der Waals surface area contributed by atoms with E-state index in [4.69, 9.17) is 59.4 Å². The van der Waals surface area contributed by atoms with Crippen molar-refractivity contribution in [3.63, 3.8) is 0 Å². The molecule has 0 rings (SSSR count). The number of carbonyl (C=O) groups excluding carboxylic acids is 6. The first-order chi connectivity index (χ1) is 30.5. The van der Waals surface area contributed by atoms with Gasteiger partial charge in [-0.3, -0.25) is 0 Å². The highest BCUT2D eigenvalue weighted by atomic mass is 16.4. The molecule has 66 heavy (non-hydrogen) atoms. The number of hydrogen-bond acceptors (Lipinski definition) is 12. The van der Waals surface area contributed by atoms with Gasteiger partial charge in [-0.25, -0.2) is 0 Å². The van der Waals surface area contributed by atoms with E-state index in [9.17, 15) is 0 Å². The van der Waals surface area contributed by atoms with Gasteiger partial charge >= 0.3 is 0 Å². The van der Waals surface area contributed by atoms with Gasteiger partial charge in [-0.15, -0.1) is 0 Å². The van der Waals surface area contributed by atoms with Crippen LogP contribution in [-0.4, -0.2) is 154 Å². The molecule has 0 radical (unpaired) electrons. The van der Waals surface area contributed by atoms with Crippen molar-refractivity contribution in [1.82, 2.24) is 0 Å². The van der Waals surface area contributed by atoms with Crippen molar-refractivity contribution in [2.45, 2.75) is 166 Å². The minimum atomic E-state index is -1.08. The third kappa shape index (κ3) is 203. The Morgan fingerprint density at radius 3 is 0.227 bits per heavy atom. The highest BCUT2D eigenvalue weighted by molar-refractivity contribution is 5.61. The van der Waals surface area contributed by atoms with Crippen LogP contribution in [0.4, 0.5) is 0 Å². The fraction of sp³-hybridized carbons (Fsp3) is 0.875. The summed E-state index contributed by atoms with van der Waals surface area (Å²) in [5, 5.41) is 53.3. The minimum Gasteiger partial charge on any atom is -0.550 e. The summed E-state index contributed by atoms with van der Waals surface area (Å²) >= 11 is 0. The molecule has 0 atom stereocenters. The van der Waals surface area contributed by atoms with Gasteiger partial charge in [-0.05, 0) is 166 Å². The van der Waals surface area contributed by atoms with Gasteiger partial charge in [-0.1, -0.05) is 0 Å². The van der Waals surface area contributed by atoms with Crippen LogP contribution >= 0.6 is 0 Å². The van der Waals surface area contributed by atoms with Crippen molar-refractivity contribution in [3.8, 4) is 0 Å². The third-order valence-corrected chi connectivity index (χ3v) is 9.00. The first kappa shape index (κ1) is 92.8. The van der Waals surface area contributed by atoms with E-state index in [0.717, 1.165) is 41.5 Å². The lowest BCUT2D eigenvalue weighted by molar-refractivity contribution is -0.894. The monoisotopic (exact) mass is 967 g/mol. The molecule has 0 bridgehead atoms. The van der Waals surface area contributed by atoms with Gasteiger partial charge in [0.1, 0.15) is 0 Å². The third-order valence-electron chi connectivity index (χ3n) is 9.00. The van der Waals surface area contributed by atoms with Crippen molar-refractivity contribution in [2.75, 3.05) is 118 Å². The molecule has 18 nitrogen and oxygen atoms in total. The number of aliphatic carboxylic acids is 6. The number of nitrogens with one attached hydrogen (secondary N) is 6. The maximum absolute atomic E-state index is 8.89. The SMILES string of the molecule is CC(=O)[O-].CC(=O)[O-].CC(=O)[O-].CC(=O)[O-].CC(=O)[O-].CC(=O)[O-].CC[NH+](CC)CC.CC[NH+](CC)CC.CC[NH+](CC)CC.CC[NH+](CC)CC.CC[NH+](CC)CC.CC[NH+](CC)CC. The largest absolute Gasteiger partial charge is 0.550 e. The van der Waals surface area contributed by atoms with E-state index in [1.54, 1.807) is 29.4 Å². The predicted molar refractivity (Wildman–Crippen MR) is 260 cm³/mol. The van der Waals surface area contributed by atoms with Gasteiger partial charge in [0.15, 0.2) is 0 Å². The highest BCUT2D eigenvalue weighted by Gasteiger charge is 1.96. The van der Waals surface area contributed by atoms with E-state index < -0.39 is 35.8 Å². The molecule has 6 N–H and O–H groups in total. The zero-order valence-electron chi connectivity index (χ0n) is 47.6. The van der Waals surface area contributed by atoms with Crippen LogP contribution in [0.3, 0.4) is 0 Å². The van der Waals surface area contributed by atoms with Crippen LogP contribution in [0.15, 0.2) is 0 Å². The summed E-state index contributed by atoms with van der Waals surface area (Å²) < 4.78 is 0. The van der Waals surface area contributed by atoms with Gasteiger partial charge in [0, 0.05) is 35.8 Å². The van der Waals surface area contributed by atoms with E-state index in [1.165, 1.54) is 118 Å². The number of carboxylic acids is 6. The first-order valence-electron chi connectivity index (χ1n) is 24.5. The van der Waals surface area contributed by atoms with Gasteiger partial charge in [0.25, 0.3) is 0 Å². The summed E-state index contributed by atoms with van der Waals surface area (Å²) in [6, 6.07) is 0. The molecule has 0 aliphatic heterocycles. The van der Waals surface area contributed by atoms with Crippen LogP contribution in [0.2, 0.25) is 0 Å². The molecule has 0 fully saturated rings. The Kier molecular flexibility index (Phi) is 124. The quantitative estimate of drug-likeness (QED) is 0.0749. The smallest absolute Gasteiger partial charge is 0.0742 e. The average Bonchev–Trinajstić information content (AvgIpc) is 3.22. The average molecular weight is 967 g/mol. The van der Waals surface area contributed by atoms with Crippen LogP contribution < -0.4 is 60.0 Å². The Balaban J connectivity index is -0.0000000486. The molecular formula is C48H114N6O12. The van der Waals surface area contributed by atoms with Crippen LogP contribution in [0.1, 0.15) is 166 Å². The number of hydrogen-bond donors (Lipinski definition) is 6. The lowest BCUT2D eigenvalue weighted by Gasteiger charge is -2.10. The normalized spacial score (nSPS) is 8.82. The summed E-state index contributed by atoms with van der Waals surface area (Å²) in [5.41, 5.74) is 0. The fourth-order valence-corrected chi connectivity index (χ4v) is 4.50. The summed E-state index contributed by atoms with van der Waals surface area (Å²) in [5.74, 6) is -6.50. The molecule has 0 unspecified atom stereocenters. The molecule has 0 spiro atoms. The Bertz CT molecular complexity index is 670. The molecule has 0 aromatic heterocycles. The summed E-state index contributed by atoms with van der Waals surface area (Å²) in [6.07, 6.45) is 0. The zero-order chi connectivity index (χ0) is 55.7. The molecule has 0 aliphatic carbocycles. The molecule has 0 saturated carbocycles. The van der Waals surface area contributed by atoms with Crippen LogP contribution in [-0.2, 0) is 28.8 Å². The van der Waals surface area contributed by atoms with Crippen LogP contribution in [0.5, 0.6) is 0 Å². The van der Waals surface area contributed by atoms with Gasteiger partial charge in [0.2, 0.25) is 0 Å². The first-order valence-corrected chi connectivity index (χ1v) is 24.5. The molecule has 0 aliphatic rings. The summed E-state index contributed by atoms with van der Waals surface area (Å²) in [6.45, 7) is 68.8. The van der Waals surface area contributed by atoms with E-state index >= 15 is 0 Å². The second-order valence-electron chi connectivity index (χ2n) is 13.8. The molecule has 0 aromatic carbocycles. The topological polar surface area (TPSA) is 267 Å². The van der Waals surface area contributed by atoms with Crippen LogP contribution in [0, 0.1) is 0 Å². The van der Waals surface area contributed by atoms with Gasteiger partial charge < -0.3 is 88.8 Å². The second-order valence-corrected chi connectivity index (χ2v) is 13.8. The van der Waals surface area contributed by atoms with E-state index in [2.05, 4.69) is 125 Å². The van der Waals surface area contributed by atoms with E-state index in [-0.39, 0.29) is 0 Å². The maximum atomic E-state index is 8.89. The molecule has 0 aromatic rings. The standard InChI is InChI=1S/6C6H15N.6C2H4O2/c6*1-4-7(5-2)6-3;6*1-2(3)4/h6*4-6H2,1-3H3;6*1H3,(H,3,4). The number of rotatable bonds is 18. The Morgan fingerprint density at radius 2 is 0.227 bits per heavy atom. The number of quaternary nitrogens is 6. The van der Waals surface area contributed by atoms with Gasteiger partial charge in [0.05, 0.1) is 118 Å². The van der Waals surface area contributed by atoms with Crippen LogP contribution in [0.25, 0.3) is 0 Å². The minimum absolute atomic E-state index is 0.972. The lowest BCUT2D eigenvalue weighted by Crippen LogP contribution is -3.11. The van der Waals surface area contributed by atoms with Crippen molar-refractivity contribution >= 4 is 35.8 Å². The number of carboxylic acid groups (broad SMARTS) is 6.